The predicted octanol–water partition coefficient (Wildman–Crippen LogP) is 1.14. The number of nitrogens with zero attached hydrogens (tertiary/aromatic N) is 3. The topological polar surface area (TPSA) is 89.8 Å². The Morgan fingerprint density at radius 2 is 2.00 bits per heavy atom. The van der Waals surface area contributed by atoms with Crippen LogP contribution in [0.1, 0.15) is 45.2 Å². The maximum absolute atomic E-state index is 12.6. The van der Waals surface area contributed by atoms with Crippen LogP contribution in [0, 0.1) is 0 Å². The van der Waals surface area contributed by atoms with Crippen molar-refractivity contribution in [2.75, 3.05) is 0 Å². The van der Waals surface area contributed by atoms with Crippen molar-refractivity contribution in [1.29, 1.82) is 0 Å². The Labute approximate surface area is 128 Å². The van der Waals surface area contributed by atoms with E-state index >= 15 is 0 Å². The van der Waals surface area contributed by atoms with Gasteiger partial charge in [-0.05, 0) is 26.2 Å². The molecule has 0 unspecified atom stereocenters. The second-order valence-corrected chi connectivity index (χ2v) is 5.59. The first-order valence-corrected chi connectivity index (χ1v) is 7.63. The quantitative estimate of drug-likeness (QED) is 0.777. The molecule has 120 valence electrons. The molecule has 2 aromatic rings. The van der Waals surface area contributed by atoms with Crippen LogP contribution in [0.5, 0.6) is 0 Å². The highest BCUT2D eigenvalue weighted by molar-refractivity contribution is 5.77. The number of ketones is 1. The third kappa shape index (κ3) is 3.18. The molecule has 0 amide bonds. The number of aromatic amines is 1. The van der Waals surface area contributed by atoms with Gasteiger partial charge in [-0.3, -0.25) is 19.0 Å². The lowest BCUT2D eigenvalue weighted by Gasteiger charge is -2.05. The number of hydrogen-bond acceptors (Lipinski definition) is 4. The molecular formula is C15H22N4O3. The maximum Gasteiger partial charge on any atom is 0.329 e. The van der Waals surface area contributed by atoms with Crippen molar-refractivity contribution < 1.29 is 4.79 Å². The summed E-state index contributed by atoms with van der Waals surface area (Å²) in [7, 11) is 1.72. The summed E-state index contributed by atoms with van der Waals surface area (Å²) in [6, 6.07) is 0. The van der Waals surface area contributed by atoms with E-state index in [9.17, 15) is 14.4 Å². The summed E-state index contributed by atoms with van der Waals surface area (Å²) in [5.74, 6) is 0.120. The molecule has 0 aromatic carbocycles. The molecule has 0 fully saturated rings. The van der Waals surface area contributed by atoms with Gasteiger partial charge < -0.3 is 4.79 Å². The van der Waals surface area contributed by atoms with Crippen molar-refractivity contribution in [1.82, 2.24) is 19.3 Å². The number of rotatable bonds is 7. The number of Topliss-reactive ketones (excluding diaryl/α,β-unsaturated/α-hetero) is 1. The summed E-state index contributed by atoms with van der Waals surface area (Å²) >= 11 is 0. The second-order valence-electron chi connectivity index (χ2n) is 5.59. The molecule has 2 aromatic heterocycles. The highest BCUT2D eigenvalue weighted by Gasteiger charge is 2.16. The number of carbonyl (C=O) groups is 1. The van der Waals surface area contributed by atoms with Crippen molar-refractivity contribution in [2.45, 2.75) is 52.5 Å². The molecule has 0 aliphatic carbocycles. The van der Waals surface area contributed by atoms with Crippen LogP contribution in [0.4, 0.5) is 0 Å². The van der Waals surface area contributed by atoms with Gasteiger partial charge in [-0.1, -0.05) is 13.3 Å². The standard InChI is InChI=1S/C15H22N4O3/c1-4-7-11-12-13(18(3)17-11)16-15(22)19(14(12)21)9-6-5-8-10(2)20/h4-9H2,1-3H3,(H,16,22). The van der Waals surface area contributed by atoms with E-state index in [1.54, 1.807) is 11.7 Å². The van der Waals surface area contributed by atoms with Crippen LogP contribution < -0.4 is 11.2 Å². The molecule has 0 atom stereocenters. The monoisotopic (exact) mass is 306 g/mol. The van der Waals surface area contributed by atoms with E-state index in [1.165, 1.54) is 11.5 Å². The van der Waals surface area contributed by atoms with Gasteiger partial charge in [0.25, 0.3) is 5.56 Å². The Morgan fingerprint density at radius 1 is 1.27 bits per heavy atom. The Morgan fingerprint density at radius 3 is 2.64 bits per heavy atom. The number of fused-ring (bicyclic) bond motifs is 1. The summed E-state index contributed by atoms with van der Waals surface area (Å²) in [6.45, 7) is 3.88. The fraction of sp³-hybridized carbons (Fsp3) is 0.600. The lowest BCUT2D eigenvalue weighted by atomic mass is 10.2. The zero-order chi connectivity index (χ0) is 16.3. The highest BCUT2D eigenvalue weighted by Crippen LogP contribution is 2.12. The van der Waals surface area contributed by atoms with E-state index in [0.717, 1.165) is 12.1 Å². The van der Waals surface area contributed by atoms with Crippen molar-refractivity contribution in [3.05, 3.63) is 26.5 Å². The molecule has 2 heterocycles. The number of unbranched alkanes of at least 4 members (excludes halogenated alkanes) is 1. The summed E-state index contributed by atoms with van der Waals surface area (Å²) in [6.07, 6.45) is 3.35. The van der Waals surface area contributed by atoms with Crippen LogP contribution in [0.3, 0.4) is 0 Å². The Kier molecular flexibility index (Phi) is 4.95. The molecule has 0 spiro atoms. The van der Waals surface area contributed by atoms with E-state index in [-0.39, 0.29) is 11.3 Å². The van der Waals surface area contributed by atoms with Gasteiger partial charge in [-0.2, -0.15) is 5.10 Å². The van der Waals surface area contributed by atoms with E-state index < -0.39 is 5.69 Å². The number of aryl methyl sites for hydroxylation is 2. The molecule has 22 heavy (non-hydrogen) atoms. The zero-order valence-corrected chi connectivity index (χ0v) is 13.3. The van der Waals surface area contributed by atoms with E-state index in [0.29, 0.717) is 43.3 Å². The normalized spacial score (nSPS) is 11.2. The fourth-order valence-electron chi connectivity index (χ4n) is 2.60. The van der Waals surface area contributed by atoms with Crippen molar-refractivity contribution in [3.63, 3.8) is 0 Å². The van der Waals surface area contributed by atoms with Crippen molar-refractivity contribution in [2.24, 2.45) is 7.05 Å². The number of nitrogens with one attached hydrogen (secondary N) is 1. The van der Waals surface area contributed by atoms with Gasteiger partial charge in [0, 0.05) is 20.0 Å². The van der Waals surface area contributed by atoms with Gasteiger partial charge in [-0.25, -0.2) is 4.79 Å². The van der Waals surface area contributed by atoms with Crippen LogP contribution in [-0.4, -0.2) is 25.1 Å². The number of carbonyl (C=O) groups excluding carboxylic acids is 1. The lowest BCUT2D eigenvalue weighted by Crippen LogP contribution is -2.35. The molecule has 1 N–H and O–H groups in total. The van der Waals surface area contributed by atoms with E-state index in [1.807, 2.05) is 6.92 Å². The van der Waals surface area contributed by atoms with Gasteiger partial charge in [0.2, 0.25) is 0 Å². The van der Waals surface area contributed by atoms with Gasteiger partial charge >= 0.3 is 5.69 Å². The molecule has 7 nitrogen and oxygen atoms in total. The molecule has 0 saturated heterocycles. The van der Waals surface area contributed by atoms with Crippen LogP contribution in [0.15, 0.2) is 9.59 Å². The summed E-state index contributed by atoms with van der Waals surface area (Å²) in [5.41, 5.74) is 0.474. The lowest BCUT2D eigenvalue weighted by molar-refractivity contribution is -0.117. The zero-order valence-electron chi connectivity index (χ0n) is 13.3. The number of H-pyrrole nitrogens is 1. The van der Waals surface area contributed by atoms with E-state index in [2.05, 4.69) is 10.1 Å². The Balaban J connectivity index is 2.38. The Bertz CT molecular complexity index is 797. The van der Waals surface area contributed by atoms with Crippen molar-refractivity contribution in [3.8, 4) is 0 Å². The van der Waals surface area contributed by atoms with Crippen LogP contribution in [0.25, 0.3) is 11.0 Å². The first-order chi connectivity index (χ1) is 10.5. The van der Waals surface area contributed by atoms with Crippen LogP contribution >= 0.6 is 0 Å². The summed E-state index contributed by atoms with van der Waals surface area (Å²) in [5, 5.41) is 4.83. The molecule has 0 aliphatic heterocycles. The Hall–Kier alpha value is -2.18. The van der Waals surface area contributed by atoms with Gasteiger partial charge in [0.05, 0.1) is 5.69 Å². The predicted molar refractivity (Wildman–Crippen MR) is 84.1 cm³/mol. The SMILES string of the molecule is CCCc1nn(C)c2[nH]c(=O)n(CCCCC(C)=O)c(=O)c12. The third-order valence-corrected chi connectivity index (χ3v) is 3.70. The third-order valence-electron chi connectivity index (χ3n) is 3.70. The molecule has 0 bridgehead atoms. The summed E-state index contributed by atoms with van der Waals surface area (Å²) in [4.78, 5) is 38.4. The minimum absolute atomic E-state index is 0.120. The highest BCUT2D eigenvalue weighted by atomic mass is 16.2. The van der Waals surface area contributed by atoms with Crippen LogP contribution in [0.2, 0.25) is 0 Å². The number of aromatic nitrogens is 4. The first kappa shape index (κ1) is 16.2. The second kappa shape index (κ2) is 6.72. The molecular weight excluding hydrogens is 284 g/mol. The molecule has 0 aliphatic rings. The smallest absolute Gasteiger partial charge is 0.300 e. The largest absolute Gasteiger partial charge is 0.329 e. The molecule has 0 saturated carbocycles. The molecule has 7 heteroatoms. The van der Waals surface area contributed by atoms with Crippen LogP contribution in [-0.2, 0) is 24.8 Å². The fourth-order valence-corrected chi connectivity index (χ4v) is 2.60. The maximum atomic E-state index is 12.6. The minimum atomic E-state index is -0.425. The van der Waals surface area contributed by atoms with Crippen molar-refractivity contribution >= 4 is 16.8 Å². The average molecular weight is 306 g/mol. The van der Waals surface area contributed by atoms with Gasteiger partial charge in [-0.15, -0.1) is 0 Å². The molecule has 0 radical (unpaired) electrons. The van der Waals surface area contributed by atoms with Gasteiger partial charge in [0.15, 0.2) is 0 Å². The summed E-state index contributed by atoms with van der Waals surface area (Å²) < 4.78 is 2.76. The minimum Gasteiger partial charge on any atom is -0.300 e. The number of hydrogen-bond donors (Lipinski definition) is 1. The molecule has 2 rings (SSSR count). The van der Waals surface area contributed by atoms with E-state index in [4.69, 9.17) is 0 Å². The van der Waals surface area contributed by atoms with Gasteiger partial charge in [0.1, 0.15) is 16.8 Å². The first-order valence-electron chi connectivity index (χ1n) is 7.63. The average Bonchev–Trinajstić information content (AvgIpc) is 2.74.